The first-order chi connectivity index (χ1) is 8.11. The molecule has 0 bridgehead atoms. The summed E-state index contributed by atoms with van der Waals surface area (Å²) in [4.78, 5) is 16.1. The van der Waals surface area contributed by atoms with Crippen LogP contribution in [0.15, 0.2) is 29.9 Å². The summed E-state index contributed by atoms with van der Waals surface area (Å²) in [5.41, 5.74) is 0.441. The van der Waals surface area contributed by atoms with E-state index in [1.807, 2.05) is 5.38 Å². The van der Waals surface area contributed by atoms with Crippen molar-refractivity contribution >= 4 is 17.2 Å². The summed E-state index contributed by atoms with van der Waals surface area (Å²) in [5.74, 6) is -0.430. The molecule has 1 amide bonds. The number of carbonyl (C=O) groups is 1. The van der Waals surface area contributed by atoms with Gasteiger partial charge in [-0.05, 0) is 19.1 Å². The molecule has 0 aliphatic carbocycles. The van der Waals surface area contributed by atoms with Crippen LogP contribution < -0.4 is 0 Å². The number of hydrogen-bond donors (Lipinski definition) is 1. The average molecular weight is 251 g/mol. The van der Waals surface area contributed by atoms with Gasteiger partial charge in [0.25, 0.3) is 5.91 Å². The molecule has 0 spiro atoms. The number of rotatable bonds is 3. The third-order valence-corrected chi connectivity index (χ3v) is 3.49. The molecule has 0 aromatic carbocycles. The number of hydroxylamine groups is 2. The van der Waals surface area contributed by atoms with Crippen LogP contribution in [0.2, 0.25) is 0 Å². The highest BCUT2D eigenvalue weighted by atomic mass is 32.1. The molecule has 1 N–H and O–H groups in total. The topological polar surface area (TPSA) is 58.4 Å². The number of carbonyl (C=O) groups excluding carboxylic acids is 1. The molecule has 1 atom stereocenters. The fourth-order valence-corrected chi connectivity index (χ4v) is 2.20. The molecule has 0 aliphatic rings. The molecule has 2 rings (SSSR count). The zero-order valence-corrected chi connectivity index (χ0v) is 10.4. The lowest BCUT2D eigenvalue weighted by Crippen LogP contribution is -2.31. The van der Waals surface area contributed by atoms with Gasteiger partial charge < -0.3 is 4.57 Å². The maximum Gasteiger partial charge on any atom is 0.294 e. The molecular formula is C11H13N3O2S. The van der Waals surface area contributed by atoms with Gasteiger partial charge >= 0.3 is 0 Å². The summed E-state index contributed by atoms with van der Waals surface area (Å²) in [6, 6.07) is 2.98. The second-order valence-corrected chi connectivity index (χ2v) is 4.63. The molecule has 90 valence electrons. The Kier molecular flexibility index (Phi) is 3.26. The van der Waals surface area contributed by atoms with Crippen molar-refractivity contribution in [1.29, 1.82) is 0 Å². The molecular weight excluding hydrogens is 238 g/mol. The summed E-state index contributed by atoms with van der Waals surface area (Å²) in [7, 11) is 1.76. The van der Waals surface area contributed by atoms with Crippen LogP contribution in [-0.4, -0.2) is 25.7 Å². The minimum absolute atomic E-state index is 0.430. The second kappa shape index (κ2) is 4.68. The Labute approximate surface area is 103 Å². The first-order valence-electron chi connectivity index (χ1n) is 5.14. The smallest absolute Gasteiger partial charge is 0.294 e. The highest BCUT2D eigenvalue weighted by molar-refractivity contribution is 7.09. The van der Waals surface area contributed by atoms with Crippen LogP contribution in [0.5, 0.6) is 0 Å². The molecule has 17 heavy (non-hydrogen) atoms. The van der Waals surface area contributed by atoms with E-state index in [1.165, 1.54) is 11.3 Å². The molecule has 0 aliphatic heterocycles. The van der Waals surface area contributed by atoms with Gasteiger partial charge in [0.2, 0.25) is 0 Å². The Balaban J connectivity index is 2.18. The number of amides is 1. The van der Waals surface area contributed by atoms with Crippen LogP contribution >= 0.6 is 11.3 Å². The van der Waals surface area contributed by atoms with Gasteiger partial charge in [0.15, 0.2) is 0 Å². The standard InChI is InChI=1S/C11H13N3O2S/c1-8(10-12-5-7-17-10)14(16)11(15)9-4-3-6-13(9)2/h3-8,16H,1-2H3/t8-/m1/s1. The van der Waals surface area contributed by atoms with Gasteiger partial charge in [-0.2, -0.15) is 0 Å². The van der Waals surface area contributed by atoms with Crippen LogP contribution in [0.3, 0.4) is 0 Å². The molecule has 2 heterocycles. The van der Waals surface area contributed by atoms with E-state index >= 15 is 0 Å². The number of aryl methyl sites for hydroxylation is 1. The summed E-state index contributed by atoms with van der Waals surface area (Å²) in [5, 5.41) is 13.1. The lowest BCUT2D eigenvalue weighted by atomic mass is 10.3. The van der Waals surface area contributed by atoms with Crippen LogP contribution in [0.25, 0.3) is 0 Å². The highest BCUT2D eigenvalue weighted by Gasteiger charge is 2.24. The van der Waals surface area contributed by atoms with Crippen LogP contribution in [-0.2, 0) is 7.05 Å². The third-order valence-electron chi connectivity index (χ3n) is 2.55. The first-order valence-corrected chi connectivity index (χ1v) is 6.02. The molecule has 0 saturated carbocycles. The van der Waals surface area contributed by atoms with Crippen molar-refractivity contribution in [2.24, 2.45) is 7.05 Å². The molecule has 6 heteroatoms. The Bertz CT molecular complexity index is 507. The predicted octanol–water partition coefficient (Wildman–Crippen LogP) is 2.07. The number of hydrogen-bond acceptors (Lipinski definition) is 4. The Morgan fingerprint density at radius 1 is 1.65 bits per heavy atom. The van der Waals surface area contributed by atoms with Crippen LogP contribution in [0, 0.1) is 0 Å². The first kappa shape index (κ1) is 11.8. The maximum absolute atomic E-state index is 12.0. The maximum atomic E-state index is 12.0. The van der Waals surface area contributed by atoms with Crippen LogP contribution in [0.4, 0.5) is 0 Å². The minimum atomic E-state index is -0.447. The average Bonchev–Trinajstić information content (AvgIpc) is 2.96. The van der Waals surface area contributed by atoms with Crippen molar-refractivity contribution in [3.05, 3.63) is 40.6 Å². The van der Waals surface area contributed by atoms with Crippen LogP contribution in [0.1, 0.15) is 28.5 Å². The zero-order valence-electron chi connectivity index (χ0n) is 9.57. The van der Waals surface area contributed by atoms with E-state index in [0.29, 0.717) is 15.8 Å². The Hall–Kier alpha value is -1.66. The number of nitrogens with zero attached hydrogens (tertiary/aromatic N) is 3. The molecule has 5 nitrogen and oxygen atoms in total. The largest absolute Gasteiger partial charge is 0.347 e. The van der Waals surface area contributed by atoms with E-state index < -0.39 is 11.9 Å². The summed E-state index contributed by atoms with van der Waals surface area (Å²) >= 11 is 1.41. The van der Waals surface area contributed by atoms with Crippen molar-refractivity contribution in [2.45, 2.75) is 13.0 Å². The van der Waals surface area contributed by atoms with Crippen molar-refractivity contribution in [3.63, 3.8) is 0 Å². The van der Waals surface area contributed by atoms with Gasteiger partial charge in [-0.25, -0.2) is 10.0 Å². The summed E-state index contributed by atoms with van der Waals surface area (Å²) < 4.78 is 1.67. The van der Waals surface area contributed by atoms with E-state index in [2.05, 4.69) is 4.98 Å². The van der Waals surface area contributed by atoms with Crippen molar-refractivity contribution in [1.82, 2.24) is 14.6 Å². The molecule has 0 fully saturated rings. The zero-order chi connectivity index (χ0) is 12.4. The summed E-state index contributed by atoms with van der Waals surface area (Å²) in [6.07, 6.45) is 3.41. The Morgan fingerprint density at radius 2 is 2.41 bits per heavy atom. The number of thiazole rings is 1. The molecule has 0 radical (unpaired) electrons. The van der Waals surface area contributed by atoms with Crippen molar-refractivity contribution in [2.75, 3.05) is 0 Å². The van der Waals surface area contributed by atoms with Gasteiger partial charge in [-0.3, -0.25) is 10.0 Å². The van der Waals surface area contributed by atoms with Crippen molar-refractivity contribution < 1.29 is 10.0 Å². The lowest BCUT2D eigenvalue weighted by Gasteiger charge is -2.20. The highest BCUT2D eigenvalue weighted by Crippen LogP contribution is 2.22. The predicted molar refractivity (Wildman–Crippen MR) is 63.9 cm³/mol. The van der Waals surface area contributed by atoms with E-state index in [-0.39, 0.29) is 0 Å². The fraction of sp³-hybridized carbons (Fsp3) is 0.273. The normalized spacial score (nSPS) is 12.4. The third kappa shape index (κ3) is 2.22. The molecule has 0 unspecified atom stereocenters. The van der Waals surface area contributed by atoms with E-state index in [0.717, 1.165) is 0 Å². The number of aromatic nitrogens is 2. The van der Waals surface area contributed by atoms with E-state index in [4.69, 9.17) is 0 Å². The lowest BCUT2D eigenvalue weighted by molar-refractivity contribution is -0.0860. The SMILES string of the molecule is C[C@H](c1nccs1)N(O)C(=O)c1cccn1C. The Morgan fingerprint density at radius 3 is 2.94 bits per heavy atom. The second-order valence-electron chi connectivity index (χ2n) is 3.70. The molecule has 2 aromatic heterocycles. The van der Waals surface area contributed by atoms with Gasteiger partial charge in [0.1, 0.15) is 16.7 Å². The van der Waals surface area contributed by atoms with E-state index in [9.17, 15) is 10.0 Å². The quantitative estimate of drug-likeness (QED) is 0.671. The fourth-order valence-electron chi connectivity index (χ4n) is 1.52. The van der Waals surface area contributed by atoms with Gasteiger partial charge in [-0.1, -0.05) is 0 Å². The van der Waals surface area contributed by atoms with Gasteiger partial charge in [0.05, 0.1) is 0 Å². The summed E-state index contributed by atoms with van der Waals surface area (Å²) in [6.45, 7) is 1.74. The van der Waals surface area contributed by atoms with Crippen molar-refractivity contribution in [3.8, 4) is 0 Å². The monoisotopic (exact) mass is 251 g/mol. The van der Waals surface area contributed by atoms with Gasteiger partial charge in [0, 0.05) is 24.8 Å². The molecule has 2 aromatic rings. The molecule has 0 saturated heterocycles. The van der Waals surface area contributed by atoms with Gasteiger partial charge in [-0.15, -0.1) is 11.3 Å². The van der Waals surface area contributed by atoms with E-state index in [1.54, 1.807) is 43.1 Å². The minimum Gasteiger partial charge on any atom is -0.347 e.